The van der Waals surface area contributed by atoms with Gasteiger partial charge in [0.25, 0.3) is 0 Å². The molecular weight excluding hydrogens is 264 g/mol. The van der Waals surface area contributed by atoms with Crippen molar-refractivity contribution in [3.05, 3.63) is 104 Å². The Hall–Kier alpha value is -2.86. The Morgan fingerprint density at radius 1 is 0.773 bits per heavy atom. The lowest BCUT2D eigenvalue weighted by atomic mass is 9.91. The number of fused-ring (bicyclic) bond motifs is 1. The molecule has 0 aliphatic heterocycles. The van der Waals surface area contributed by atoms with Crippen molar-refractivity contribution in [3.8, 4) is 11.1 Å². The molecule has 106 valence electrons. The minimum atomic E-state index is 1.09. The summed E-state index contributed by atoms with van der Waals surface area (Å²) in [4.78, 5) is 0. The third-order valence-corrected chi connectivity index (χ3v) is 3.82. The van der Waals surface area contributed by atoms with E-state index < -0.39 is 0 Å². The highest BCUT2D eigenvalue weighted by atomic mass is 14.1. The summed E-state index contributed by atoms with van der Waals surface area (Å²) >= 11 is 0. The molecule has 0 fully saturated rings. The lowest BCUT2D eigenvalue weighted by Crippen LogP contribution is -1.88. The fourth-order valence-electron chi connectivity index (χ4n) is 2.83. The van der Waals surface area contributed by atoms with Crippen molar-refractivity contribution in [3.63, 3.8) is 0 Å². The molecule has 0 N–H and O–H groups in total. The van der Waals surface area contributed by atoms with Crippen molar-refractivity contribution in [1.29, 1.82) is 0 Å². The maximum Gasteiger partial charge on any atom is -0.00268 e. The second-order valence-electron chi connectivity index (χ2n) is 5.14. The zero-order valence-electron chi connectivity index (χ0n) is 12.5. The molecule has 0 saturated heterocycles. The molecule has 0 radical (unpaired) electrons. The van der Waals surface area contributed by atoms with Gasteiger partial charge in [-0.05, 0) is 33.0 Å². The smallest absolute Gasteiger partial charge is 0.00268 e. The summed E-state index contributed by atoms with van der Waals surface area (Å²) in [5.74, 6) is 0. The van der Waals surface area contributed by atoms with E-state index in [1.807, 2.05) is 18.2 Å². The molecule has 0 bridgehead atoms. The SMILES string of the molecule is C=C/C=C(\C=C)c1cccc2cccc(-c3ccccc3)c12. The van der Waals surface area contributed by atoms with E-state index >= 15 is 0 Å². The Morgan fingerprint density at radius 2 is 1.50 bits per heavy atom. The third-order valence-electron chi connectivity index (χ3n) is 3.82. The maximum atomic E-state index is 3.95. The number of benzene rings is 3. The molecule has 0 heteroatoms. The molecule has 0 aromatic heterocycles. The molecular formula is C22H18. The van der Waals surface area contributed by atoms with Crippen LogP contribution in [0, 0.1) is 0 Å². The lowest BCUT2D eigenvalue weighted by Gasteiger charge is -2.13. The summed E-state index contributed by atoms with van der Waals surface area (Å²) in [5.41, 5.74) is 4.74. The second-order valence-corrected chi connectivity index (χ2v) is 5.14. The Balaban J connectivity index is 2.38. The molecule has 3 aromatic carbocycles. The molecule has 0 atom stereocenters. The van der Waals surface area contributed by atoms with Gasteiger partial charge in [-0.2, -0.15) is 0 Å². The highest BCUT2D eigenvalue weighted by Gasteiger charge is 2.09. The quantitative estimate of drug-likeness (QED) is 0.495. The van der Waals surface area contributed by atoms with Crippen molar-refractivity contribution in [2.75, 3.05) is 0 Å². The zero-order valence-corrected chi connectivity index (χ0v) is 12.5. The highest BCUT2D eigenvalue weighted by Crippen LogP contribution is 2.34. The first-order chi connectivity index (χ1) is 10.8. The number of allylic oxidation sites excluding steroid dienone is 4. The Kier molecular flexibility index (Phi) is 4.02. The van der Waals surface area contributed by atoms with Crippen molar-refractivity contribution in [2.24, 2.45) is 0 Å². The summed E-state index contributed by atoms with van der Waals surface area (Å²) in [6, 6.07) is 23.3. The first-order valence-electron chi connectivity index (χ1n) is 7.38. The number of hydrogen-bond donors (Lipinski definition) is 0. The number of rotatable bonds is 4. The fourth-order valence-corrected chi connectivity index (χ4v) is 2.83. The predicted octanol–water partition coefficient (Wildman–Crippen LogP) is 6.26. The molecule has 0 spiro atoms. The molecule has 0 saturated carbocycles. The van der Waals surface area contributed by atoms with Crippen LogP contribution in [-0.4, -0.2) is 0 Å². The minimum absolute atomic E-state index is 1.09. The van der Waals surface area contributed by atoms with Gasteiger partial charge in [-0.1, -0.05) is 98.1 Å². The van der Waals surface area contributed by atoms with Gasteiger partial charge < -0.3 is 0 Å². The van der Waals surface area contributed by atoms with E-state index in [0.717, 1.165) is 5.57 Å². The van der Waals surface area contributed by atoms with Gasteiger partial charge in [0, 0.05) is 0 Å². The maximum absolute atomic E-state index is 3.95. The zero-order chi connectivity index (χ0) is 15.4. The van der Waals surface area contributed by atoms with E-state index in [0.29, 0.717) is 0 Å². The summed E-state index contributed by atoms with van der Waals surface area (Å²) < 4.78 is 0. The largest absolute Gasteiger partial charge is 0.0990 e. The Bertz CT molecular complexity index is 846. The normalized spacial score (nSPS) is 11.4. The summed E-state index contributed by atoms with van der Waals surface area (Å²) in [6.45, 7) is 7.76. The number of hydrogen-bond acceptors (Lipinski definition) is 0. The van der Waals surface area contributed by atoms with Gasteiger partial charge in [-0.15, -0.1) is 0 Å². The van der Waals surface area contributed by atoms with E-state index in [9.17, 15) is 0 Å². The van der Waals surface area contributed by atoms with Crippen LogP contribution in [0.5, 0.6) is 0 Å². The van der Waals surface area contributed by atoms with Crippen LogP contribution in [0.3, 0.4) is 0 Å². The molecule has 3 aromatic rings. The van der Waals surface area contributed by atoms with Crippen LogP contribution in [0.1, 0.15) is 5.56 Å². The van der Waals surface area contributed by atoms with Crippen LogP contribution in [0.25, 0.3) is 27.5 Å². The molecule has 3 rings (SSSR count). The van der Waals surface area contributed by atoms with Crippen molar-refractivity contribution in [2.45, 2.75) is 0 Å². The average Bonchev–Trinajstić information content (AvgIpc) is 2.59. The Morgan fingerprint density at radius 3 is 2.18 bits per heavy atom. The average molecular weight is 282 g/mol. The molecule has 0 amide bonds. The molecule has 0 heterocycles. The molecule has 0 unspecified atom stereocenters. The first-order valence-corrected chi connectivity index (χ1v) is 7.38. The van der Waals surface area contributed by atoms with Gasteiger partial charge in [-0.3, -0.25) is 0 Å². The van der Waals surface area contributed by atoms with Gasteiger partial charge >= 0.3 is 0 Å². The highest BCUT2D eigenvalue weighted by molar-refractivity contribution is 6.05. The van der Waals surface area contributed by atoms with Crippen LogP contribution < -0.4 is 0 Å². The summed E-state index contributed by atoms with van der Waals surface area (Å²) in [7, 11) is 0. The van der Waals surface area contributed by atoms with E-state index in [4.69, 9.17) is 0 Å². The molecule has 0 aliphatic rings. The second kappa shape index (κ2) is 6.28. The van der Waals surface area contributed by atoms with Crippen LogP contribution in [0.2, 0.25) is 0 Å². The van der Waals surface area contributed by atoms with Gasteiger partial charge in [0.15, 0.2) is 0 Å². The van der Waals surface area contributed by atoms with E-state index in [1.165, 1.54) is 27.5 Å². The summed E-state index contributed by atoms with van der Waals surface area (Å²) in [5, 5.41) is 2.49. The van der Waals surface area contributed by atoms with Crippen molar-refractivity contribution >= 4 is 16.3 Å². The van der Waals surface area contributed by atoms with Crippen LogP contribution in [0.15, 0.2) is 98.1 Å². The Labute approximate surface area is 131 Å². The first kappa shape index (κ1) is 14.1. The fraction of sp³-hybridized carbons (Fsp3) is 0. The van der Waals surface area contributed by atoms with Gasteiger partial charge in [-0.25, -0.2) is 0 Å². The summed E-state index contributed by atoms with van der Waals surface area (Å²) in [6.07, 6.45) is 5.70. The standard InChI is InChI=1S/C22H18/c1-3-10-17(4-2)20-15-8-13-19-14-9-16-21(22(19)20)18-11-6-5-7-12-18/h3-16H,1-2H2/b17-10+. The molecule has 0 nitrogen and oxygen atoms in total. The molecule has 0 aliphatic carbocycles. The minimum Gasteiger partial charge on any atom is -0.0990 e. The van der Waals surface area contributed by atoms with Gasteiger partial charge in [0.05, 0.1) is 0 Å². The van der Waals surface area contributed by atoms with Crippen LogP contribution in [0.4, 0.5) is 0 Å². The van der Waals surface area contributed by atoms with E-state index in [1.54, 1.807) is 6.08 Å². The van der Waals surface area contributed by atoms with Crippen molar-refractivity contribution < 1.29 is 0 Å². The topological polar surface area (TPSA) is 0 Å². The predicted molar refractivity (Wildman–Crippen MR) is 97.8 cm³/mol. The van der Waals surface area contributed by atoms with Crippen LogP contribution in [-0.2, 0) is 0 Å². The lowest BCUT2D eigenvalue weighted by molar-refractivity contribution is 1.63. The van der Waals surface area contributed by atoms with Crippen molar-refractivity contribution in [1.82, 2.24) is 0 Å². The van der Waals surface area contributed by atoms with Gasteiger partial charge in [0.1, 0.15) is 0 Å². The molecule has 22 heavy (non-hydrogen) atoms. The van der Waals surface area contributed by atoms with E-state index in [-0.39, 0.29) is 0 Å². The van der Waals surface area contributed by atoms with Gasteiger partial charge in [0.2, 0.25) is 0 Å². The van der Waals surface area contributed by atoms with E-state index in [2.05, 4.69) is 73.8 Å². The monoisotopic (exact) mass is 282 g/mol. The van der Waals surface area contributed by atoms with Crippen LogP contribution >= 0.6 is 0 Å². The third kappa shape index (κ3) is 2.51.